The van der Waals surface area contributed by atoms with Crippen LogP contribution in [0.4, 0.5) is 0 Å². The number of hydrogen-bond donors (Lipinski definition) is 0. The molecule has 1 aliphatic carbocycles. The second-order valence-electron chi connectivity index (χ2n) is 17.8. The molecule has 1 aliphatic rings. The molecule has 0 N–H and O–H groups in total. The number of allylic oxidation sites excluding steroid dienone is 2. The Morgan fingerprint density at radius 2 is 1.09 bits per heavy atom. The number of hydrogen-bond acceptors (Lipinski definition) is 2. The Labute approximate surface area is 404 Å². The zero-order chi connectivity index (χ0) is 46.5. The Bertz CT molecular complexity index is 4150. The van der Waals surface area contributed by atoms with Crippen molar-refractivity contribution in [1.29, 1.82) is 0 Å². The monoisotopic (exact) mass is 899 g/mol. The molecule has 3 heterocycles. The van der Waals surface area contributed by atoms with Gasteiger partial charge in [0.25, 0.3) is 0 Å². The molecule has 0 radical (unpaired) electrons. The van der Waals surface area contributed by atoms with Crippen molar-refractivity contribution in [2.75, 3.05) is 6.54 Å². The molecular formula is C64H45N5O. The van der Waals surface area contributed by atoms with E-state index in [1.807, 2.05) is 42.5 Å². The number of aromatic nitrogens is 2. The number of nitrogens with zero attached hydrogens (tertiary/aromatic N) is 5. The molecule has 0 atom stereocenters. The van der Waals surface area contributed by atoms with E-state index >= 15 is 0 Å². The van der Waals surface area contributed by atoms with Gasteiger partial charge in [-0.05, 0) is 109 Å². The van der Waals surface area contributed by atoms with Crippen LogP contribution in [0.3, 0.4) is 0 Å². The van der Waals surface area contributed by atoms with E-state index < -0.39 is 0 Å². The molecule has 0 saturated heterocycles. The molecule has 332 valence electrons. The SMILES string of the molecule is C=NC(=NC(=NCC1=CCCC=C1)c1ccccc1)c1cccc2oc3c(-c4cccc5c4c4ccccc4n5-c4ccccc4)cc(-c4cccc5c4c4ccccc4n5-c4ccccc4)cc3c12. The van der Waals surface area contributed by atoms with Crippen LogP contribution >= 0.6 is 0 Å². The second-order valence-corrected chi connectivity index (χ2v) is 17.8. The molecular weight excluding hydrogens is 855 g/mol. The fraction of sp³-hybridized carbons (Fsp3) is 0.0469. The summed E-state index contributed by atoms with van der Waals surface area (Å²) in [6.45, 7) is 4.64. The first-order chi connectivity index (χ1) is 34.7. The Morgan fingerprint density at radius 1 is 0.500 bits per heavy atom. The maximum absolute atomic E-state index is 7.18. The third-order valence-corrected chi connectivity index (χ3v) is 13.7. The first-order valence-corrected chi connectivity index (χ1v) is 23.9. The van der Waals surface area contributed by atoms with Crippen LogP contribution < -0.4 is 0 Å². The minimum absolute atomic E-state index is 0.470. The molecule has 3 aromatic heterocycles. The lowest BCUT2D eigenvalue weighted by atomic mass is 9.91. The van der Waals surface area contributed by atoms with E-state index in [0.29, 0.717) is 18.2 Å². The maximum Gasteiger partial charge on any atom is 0.161 e. The molecule has 12 aromatic rings. The van der Waals surface area contributed by atoms with E-state index in [-0.39, 0.29) is 0 Å². The highest BCUT2D eigenvalue weighted by atomic mass is 16.3. The van der Waals surface area contributed by atoms with Crippen LogP contribution in [-0.2, 0) is 0 Å². The van der Waals surface area contributed by atoms with Crippen LogP contribution in [0.15, 0.2) is 249 Å². The van der Waals surface area contributed by atoms with Crippen molar-refractivity contribution in [1.82, 2.24) is 9.13 Å². The van der Waals surface area contributed by atoms with Crippen molar-refractivity contribution < 1.29 is 4.42 Å². The van der Waals surface area contributed by atoms with Gasteiger partial charge in [-0.3, -0.25) is 4.99 Å². The number of para-hydroxylation sites is 4. The van der Waals surface area contributed by atoms with Gasteiger partial charge in [0.05, 0.1) is 28.6 Å². The molecule has 0 unspecified atom stereocenters. The van der Waals surface area contributed by atoms with E-state index in [0.717, 1.165) is 112 Å². The lowest BCUT2D eigenvalue weighted by Gasteiger charge is -2.12. The lowest BCUT2D eigenvalue weighted by molar-refractivity contribution is 0.670. The number of rotatable bonds is 8. The van der Waals surface area contributed by atoms with Crippen LogP contribution in [-0.4, -0.2) is 34.1 Å². The summed E-state index contributed by atoms with van der Waals surface area (Å²) in [5.41, 5.74) is 15.4. The van der Waals surface area contributed by atoms with Gasteiger partial charge >= 0.3 is 0 Å². The van der Waals surface area contributed by atoms with Crippen molar-refractivity contribution in [3.05, 3.63) is 241 Å². The van der Waals surface area contributed by atoms with E-state index in [2.05, 4.69) is 203 Å². The maximum atomic E-state index is 7.18. The van der Waals surface area contributed by atoms with E-state index in [9.17, 15) is 0 Å². The number of benzene rings is 9. The summed E-state index contributed by atoms with van der Waals surface area (Å²) in [6, 6.07) is 73.0. The molecule has 0 fully saturated rings. The zero-order valence-electron chi connectivity index (χ0n) is 38.3. The molecule has 0 saturated carbocycles. The van der Waals surface area contributed by atoms with Crippen LogP contribution in [0.5, 0.6) is 0 Å². The summed E-state index contributed by atoms with van der Waals surface area (Å²) in [6.07, 6.45) is 8.70. The Morgan fingerprint density at radius 3 is 1.73 bits per heavy atom. The minimum atomic E-state index is 0.470. The molecule has 0 bridgehead atoms. The molecule has 9 aromatic carbocycles. The van der Waals surface area contributed by atoms with Crippen LogP contribution in [0.1, 0.15) is 24.0 Å². The Hall–Kier alpha value is -9.13. The fourth-order valence-electron chi connectivity index (χ4n) is 10.7. The largest absolute Gasteiger partial charge is 0.455 e. The molecule has 6 nitrogen and oxygen atoms in total. The Kier molecular flexibility index (Phi) is 10.1. The average Bonchev–Trinajstić information content (AvgIpc) is 4.10. The average molecular weight is 900 g/mol. The molecule has 70 heavy (non-hydrogen) atoms. The molecule has 6 heteroatoms. The highest BCUT2D eigenvalue weighted by molar-refractivity contribution is 6.26. The fourth-order valence-corrected chi connectivity index (χ4v) is 10.7. The van der Waals surface area contributed by atoms with Gasteiger partial charge in [-0.25, -0.2) is 9.98 Å². The molecule has 0 amide bonds. The summed E-state index contributed by atoms with van der Waals surface area (Å²) in [5, 5.41) is 6.55. The first kappa shape index (κ1) is 41.1. The Balaban J connectivity index is 1.11. The van der Waals surface area contributed by atoms with Crippen molar-refractivity contribution in [3.63, 3.8) is 0 Å². The van der Waals surface area contributed by atoms with Crippen molar-refractivity contribution in [3.8, 4) is 33.6 Å². The highest BCUT2D eigenvalue weighted by Crippen LogP contribution is 2.47. The third kappa shape index (κ3) is 6.83. The summed E-state index contributed by atoms with van der Waals surface area (Å²) in [4.78, 5) is 15.1. The topological polar surface area (TPSA) is 60.1 Å². The van der Waals surface area contributed by atoms with Gasteiger partial charge in [-0.1, -0.05) is 158 Å². The molecule has 0 spiro atoms. The first-order valence-electron chi connectivity index (χ1n) is 23.9. The van der Waals surface area contributed by atoms with Crippen LogP contribution in [0.2, 0.25) is 0 Å². The summed E-state index contributed by atoms with van der Waals surface area (Å²) in [7, 11) is 0. The number of aliphatic imine (C=N–C) groups is 3. The molecule has 0 aliphatic heterocycles. The normalized spacial score (nSPS) is 13.3. The highest BCUT2D eigenvalue weighted by Gasteiger charge is 2.24. The molecule has 13 rings (SSSR count). The van der Waals surface area contributed by atoms with Crippen molar-refractivity contribution >= 4 is 83.9 Å². The predicted octanol–water partition coefficient (Wildman–Crippen LogP) is 16.3. The minimum Gasteiger partial charge on any atom is -0.455 e. The van der Waals surface area contributed by atoms with Crippen LogP contribution in [0, 0.1) is 0 Å². The number of furan rings is 1. The zero-order valence-corrected chi connectivity index (χ0v) is 38.3. The standard InChI is InChI=1S/C64H45N5O/c1-65-64(67-63(43-23-8-3-9-24-43)66-41-42-21-6-2-7-22-42)51-33-20-38-58-61(51)53-40-44(47-31-18-36-56-59(47)49-29-14-16-34-54(49)68(56)45-25-10-4-11-26-45)39-52(62(53)70-58)48-32-19-37-57-60(48)50-30-15-17-35-55(50)69(57)46-27-12-5-13-28-46/h3-6,8-40H,1-2,7,41H2. The number of fused-ring (bicyclic) bond motifs is 9. The van der Waals surface area contributed by atoms with Gasteiger partial charge in [0.15, 0.2) is 11.7 Å². The number of amidine groups is 2. The van der Waals surface area contributed by atoms with E-state index in [1.54, 1.807) is 0 Å². The van der Waals surface area contributed by atoms with Crippen LogP contribution in [0.25, 0.3) is 99.2 Å². The van der Waals surface area contributed by atoms with Crippen molar-refractivity contribution in [2.45, 2.75) is 12.8 Å². The van der Waals surface area contributed by atoms with Gasteiger partial charge in [0.2, 0.25) is 0 Å². The van der Waals surface area contributed by atoms with E-state index in [1.165, 1.54) is 16.3 Å². The van der Waals surface area contributed by atoms with Gasteiger partial charge in [-0.15, -0.1) is 0 Å². The summed E-state index contributed by atoms with van der Waals surface area (Å²) >= 11 is 0. The second kappa shape index (κ2) is 17.2. The quantitative estimate of drug-likeness (QED) is 0.111. The van der Waals surface area contributed by atoms with Gasteiger partial charge in [0.1, 0.15) is 11.2 Å². The smallest absolute Gasteiger partial charge is 0.161 e. The van der Waals surface area contributed by atoms with E-state index in [4.69, 9.17) is 14.4 Å². The third-order valence-electron chi connectivity index (χ3n) is 13.7. The summed E-state index contributed by atoms with van der Waals surface area (Å²) in [5.74, 6) is 1.06. The predicted molar refractivity (Wildman–Crippen MR) is 294 cm³/mol. The van der Waals surface area contributed by atoms with Gasteiger partial charge in [0, 0.05) is 60.4 Å². The summed E-state index contributed by atoms with van der Waals surface area (Å²) < 4.78 is 11.9. The van der Waals surface area contributed by atoms with Crippen molar-refractivity contribution in [2.24, 2.45) is 15.0 Å². The van der Waals surface area contributed by atoms with Gasteiger partial charge < -0.3 is 13.6 Å². The lowest BCUT2D eigenvalue weighted by Crippen LogP contribution is -2.06. The van der Waals surface area contributed by atoms with Gasteiger partial charge in [-0.2, -0.15) is 0 Å².